The van der Waals surface area contributed by atoms with Gasteiger partial charge in [-0.05, 0) is 17.7 Å². The minimum absolute atomic E-state index is 0.0691. The zero-order chi connectivity index (χ0) is 13.6. The van der Waals surface area contributed by atoms with E-state index in [4.69, 9.17) is 0 Å². The van der Waals surface area contributed by atoms with Crippen LogP contribution in [0.25, 0.3) is 0 Å². The second-order valence-corrected chi connectivity index (χ2v) is 6.49. The molecule has 0 aromatic heterocycles. The van der Waals surface area contributed by atoms with Crippen LogP contribution < -0.4 is 10.0 Å². The second-order valence-electron chi connectivity index (χ2n) is 3.76. The molecular weight excluding hydrogens is 320 g/mol. The Morgan fingerprint density at radius 1 is 1.22 bits per heavy atom. The summed E-state index contributed by atoms with van der Waals surface area (Å²) in [4.78, 5) is 10.6. The van der Waals surface area contributed by atoms with Crippen LogP contribution in [-0.4, -0.2) is 27.4 Å². The van der Waals surface area contributed by atoms with Gasteiger partial charge in [0.2, 0.25) is 15.9 Å². The molecule has 0 aliphatic heterocycles. The lowest BCUT2D eigenvalue weighted by atomic mass is 10.2. The van der Waals surface area contributed by atoms with E-state index in [2.05, 4.69) is 26.0 Å². The molecule has 1 rings (SSSR count). The predicted molar refractivity (Wildman–Crippen MR) is 73.5 cm³/mol. The molecule has 1 amide bonds. The highest BCUT2D eigenvalue weighted by atomic mass is 79.9. The van der Waals surface area contributed by atoms with Crippen LogP contribution in [0.1, 0.15) is 12.5 Å². The van der Waals surface area contributed by atoms with Crippen molar-refractivity contribution >= 4 is 31.9 Å². The van der Waals surface area contributed by atoms with E-state index in [0.29, 0.717) is 5.56 Å². The lowest BCUT2D eigenvalue weighted by Gasteiger charge is -2.07. The fraction of sp³-hybridized carbons (Fsp3) is 0.364. The van der Waals surface area contributed by atoms with Gasteiger partial charge in [0, 0.05) is 24.5 Å². The standard InChI is InChI=1S/C11H15BrN2O3S/c1-9(15)13-6-7-14-18(16,17)8-10-2-4-11(12)5-3-10/h2-5,14H,6-8H2,1H3,(H,13,15). The van der Waals surface area contributed by atoms with Crippen LogP contribution in [0.3, 0.4) is 0 Å². The summed E-state index contributed by atoms with van der Waals surface area (Å²) in [5.74, 6) is -0.248. The van der Waals surface area contributed by atoms with Crippen molar-refractivity contribution in [1.29, 1.82) is 0 Å². The van der Waals surface area contributed by atoms with Crippen molar-refractivity contribution in [3.05, 3.63) is 34.3 Å². The molecule has 7 heteroatoms. The van der Waals surface area contributed by atoms with Crippen molar-refractivity contribution < 1.29 is 13.2 Å². The highest BCUT2D eigenvalue weighted by molar-refractivity contribution is 9.10. The molecule has 0 saturated heterocycles. The van der Waals surface area contributed by atoms with E-state index in [0.717, 1.165) is 4.47 Å². The van der Waals surface area contributed by atoms with Crippen molar-refractivity contribution in [3.8, 4) is 0 Å². The summed E-state index contributed by atoms with van der Waals surface area (Å²) in [7, 11) is -3.36. The van der Waals surface area contributed by atoms with Crippen LogP contribution in [-0.2, 0) is 20.6 Å². The molecule has 100 valence electrons. The summed E-state index contributed by atoms with van der Waals surface area (Å²) < 4.78 is 26.7. The van der Waals surface area contributed by atoms with Gasteiger partial charge in [0.05, 0.1) is 5.75 Å². The minimum atomic E-state index is -3.36. The largest absolute Gasteiger partial charge is 0.355 e. The minimum Gasteiger partial charge on any atom is -0.355 e. The molecule has 1 aromatic rings. The Kier molecular flexibility index (Phi) is 5.77. The molecule has 0 unspecified atom stereocenters. The van der Waals surface area contributed by atoms with E-state index in [-0.39, 0.29) is 24.7 Å². The molecule has 0 spiro atoms. The molecule has 0 atom stereocenters. The van der Waals surface area contributed by atoms with Crippen LogP contribution in [0.2, 0.25) is 0 Å². The van der Waals surface area contributed by atoms with Crippen molar-refractivity contribution in [1.82, 2.24) is 10.0 Å². The summed E-state index contributed by atoms with van der Waals surface area (Å²) in [5.41, 5.74) is 0.713. The number of hydrogen-bond acceptors (Lipinski definition) is 3. The number of carbonyl (C=O) groups is 1. The quantitative estimate of drug-likeness (QED) is 0.762. The Morgan fingerprint density at radius 2 is 1.83 bits per heavy atom. The molecule has 0 fully saturated rings. The van der Waals surface area contributed by atoms with Gasteiger partial charge < -0.3 is 5.32 Å². The molecule has 0 aliphatic carbocycles. The maximum absolute atomic E-state index is 11.7. The Bertz CT molecular complexity index is 500. The van der Waals surface area contributed by atoms with Gasteiger partial charge in [-0.15, -0.1) is 0 Å². The van der Waals surface area contributed by atoms with Gasteiger partial charge in [-0.1, -0.05) is 28.1 Å². The van der Waals surface area contributed by atoms with E-state index in [1.165, 1.54) is 6.92 Å². The van der Waals surface area contributed by atoms with Crippen LogP contribution in [0.4, 0.5) is 0 Å². The summed E-state index contributed by atoms with van der Waals surface area (Å²) >= 11 is 3.28. The Balaban J connectivity index is 2.44. The Hall–Kier alpha value is -0.920. The number of benzene rings is 1. The lowest BCUT2D eigenvalue weighted by Crippen LogP contribution is -2.34. The van der Waals surface area contributed by atoms with E-state index in [1.54, 1.807) is 24.3 Å². The first-order chi connectivity index (χ1) is 8.39. The number of amides is 1. The number of hydrogen-bond donors (Lipinski definition) is 2. The van der Waals surface area contributed by atoms with Crippen LogP contribution >= 0.6 is 15.9 Å². The summed E-state index contributed by atoms with van der Waals surface area (Å²) in [6.45, 7) is 1.86. The molecule has 5 nitrogen and oxygen atoms in total. The molecule has 0 aliphatic rings. The van der Waals surface area contributed by atoms with Gasteiger partial charge in [-0.25, -0.2) is 13.1 Å². The van der Waals surface area contributed by atoms with Gasteiger partial charge in [0.15, 0.2) is 0 Å². The molecule has 0 bridgehead atoms. The number of sulfonamides is 1. The molecule has 0 radical (unpaired) electrons. The monoisotopic (exact) mass is 334 g/mol. The van der Waals surface area contributed by atoms with Crippen LogP contribution in [0.5, 0.6) is 0 Å². The smallest absolute Gasteiger partial charge is 0.216 e. The van der Waals surface area contributed by atoms with Gasteiger partial charge in [-0.3, -0.25) is 4.79 Å². The first kappa shape index (κ1) is 15.1. The number of halogens is 1. The zero-order valence-corrected chi connectivity index (χ0v) is 12.3. The SMILES string of the molecule is CC(=O)NCCNS(=O)(=O)Cc1ccc(Br)cc1. The third-order valence-corrected chi connectivity index (χ3v) is 3.98. The van der Waals surface area contributed by atoms with Crippen molar-refractivity contribution in [2.24, 2.45) is 0 Å². The van der Waals surface area contributed by atoms with Crippen LogP contribution in [0.15, 0.2) is 28.7 Å². The van der Waals surface area contributed by atoms with E-state index >= 15 is 0 Å². The summed E-state index contributed by atoms with van der Waals surface area (Å²) in [6, 6.07) is 7.08. The molecule has 1 aromatic carbocycles. The fourth-order valence-electron chi connectivity index (χ4n) is 1.30. The van der Waals surface area contributed by atoms with Crippen molar-refractivity contribution in [3.63, 3.8) is 0 Å². The van der Waals surface area contributed by atoms with Gasteiger partial charge in [-0.2, -0.15) is 0 Å². The van der Waals surface area contributed by atoms with Gasteiger partial charge in [0.25, 0.3) is 0 Å². The lowest BCUT2D eigenvalue weighted by molar-refractivity contribution is -0.118. The second kappa shape index (κ2) is 6.86. The zero-order valence-electron chi connectivity index (χ0n) is 9.94. The highest BCUT2D eigenvalue weighted by Gasteiger charge is 2.10. The molecule has 0 saturated carbocycles. The predicted octanol–water partition coefficient (Wildman–Crippen LogP) is 1.00. The van der Waals surface area contributed by atoms with Crippen LogP contribution in [0, 0.1) is 0 Å². The average molecular weight is 335 g/mol. The third-order valence-electron chi connectivity index (χ3n) is 2.09. The van der Waals surface area contributed by atoms with Gasteiger partial charge in [0.1, 0.15) is 0 Å². The van der Waals surface area contributed by atoms with Crippen molar-refractivity contribution in [2.75, 3.05) is 13.1 Å². The topological polar surface area (TPSA) is 75.3 Å². The van der Waals surface area contributed by atoms with Crippen molar-refractivity contribution in [2.45, 2.75) is 12.7 Å². The number of rotatable bonds is 6. The van der Waals surface area contributed by atoms with Gasteiger partial charge >= 0.3 is 0 Å². The number of nitrogens with one attached hydrogen (secondary N) is 2. The first-order valence-corrected chi connectivity index (χ1v) is 7.80. The normalized spacial score (nSPS) is 11.2. The summed E-state index contributed by atoms with van der Waals surface area (Å²) in [5, 5.41) is 2.52. The fourth-order valence-corrected chi connectivity index (χ4v) is 2.71. The summed E-state index contributed by atoms with van der Waals surface area (Å²) in [6.07, 6.45) is 0. The molecule has 2 N–H and O–H groups in total. The van der Waals surface area contributed by atoms with E-state index in [9.17, 15) is 13.2 Å². The first-order valence-electron chi connectivity index (χ1n) is 5.35. The molecular formula is C11H15BrN2O3S. The molecule has 0 heterocycles. The highest BCUT2D eigenvalue weighted by Crippen LogP contribution is 2.12. The Labute approximate surface area is 115 Å². The van der Waals surface area contributed by atoms with E-state index in [1.807, 2.05) is 0 Å². The molecule has 18 heavy (non-hydrogen) atoms. The maximum Gasteiger partial charge on any atom is 0.216 e. The van der Waals surface area contributed by atoms with E-state index < -0.39 is 10.0 Å². The number of carbonyl (C=O) groups excluding carboxylic acids is 1. The Morgan fingerprint density at radius 3 is 2.39 bits per heavy atom. The average Bonchev–Trinajstić information content (AvgIpc) is 2.27. The maximum atomic E-state index is 11.7. The third kappa shape index (κ3) is 6.13.